The second-order valence-electron chi connectivity index (χ2n) is 18.4. The number of rotatable bonds is 4. The molecule has 0 atom stereocenters. The predicted molar refractivity (Wildman–Crippen MR) is 269 cm³/mol. The molecule has 0 saturated carbocycles. The predicted octanol–water partition coefficient (Wildman–Crippen LogP) is 16.6. The van der Waals surface area contributed by atoms with Crippen molar-refractivity contribution in [3.63, 3.8) is 0 Å². The second-order valence-corrected chi connectivity index (χ2v) is 18.4. The van der Waals surface area contributed by atoms with Gasteiger partial charge >= 0.3 is 0 Å². The van der Waals surface area contributed by atoms with Crippen LogP contribution in [0.5, 0.6) is 0 Å². The fourth-order valence-corrected chi connectivity index (χ4v) is 12.6. The SMILES string of the molecule is CC1(c2cc(N(c3ccc4c(c3)C3(c5ccccc5-c5ccccc53)c3ccccc3-4)c3cccc4c3oc3ccccc34)cc3c2oc2ccccc23)c2ccccc2-c2ccccc21. The van der Waals surface area contributed by atoms with Crippen molar-refractivity contribution in [2.75, 3.05) is 4.90 Å². The lowest BCUT2D eigenvalue weighted by Crippen LogP contribution is -2.26. The van der Waals surface area contributed by atoms with Crippen LogP contribution < -0.4 is 4.90 Å². The summed E-state index contributed by atoms with van der Waals surface area (Å²) in [7, 11) is 0. The molecule has 2 aromatic heterocycles. The molecular formula is C63H39NO2. The van der Waals surface area contributed by atoms with E-state index in [1.165, 1.54) is 66.8 Å². The Hall–Kier alpha value is -8.40. The molecule has 3 nitrogen and oxygen atoms in total. The highest BCUT2D eigenvalue weighted by atomic mass is 16.3. The zero-order chi connectivity index (χ0) is 43.3. The van der Waals surface area contributed by atoms with Crippen molar-refractivity contribution < 1.29 is 8.83 Å². The van der Waals surface area contributed by atoms with E-state index >= 15 is 0 Å². The first kappa shape index (κ1) is 36.0. The molecule has 66 heavy (non-hydrogen) atoms. The van der Waals surface area contributed by atoms with Crippen LogP contribution in [0.1, 0.15) is 45.9 Å². The number of hydrogen-bond donors (Lipinski definition) is 0. The van der Waals surface area contributed by atoms with Gasteiger partial charge in [0, 0.05) is 43.9 Å². The van der Waals surface area contributed by atoms with Gasteiger partial charge in [0.1, 0.15) is 16.7 Å². The molecule has 0 unspecified atom stereocenters. The highest BCUT2D eigenvalue weighted by molar-refractivity contribution is 6.12. The Morgan fingerprint density at radius 2 is 0.758 bits per heavy atom. The molecule has 0 bridgehead atoms. The van der Waals surface area contributed by atoms with Crippen LogP contribution in [0.3, 0.4) is 0 Å². The molecular weight excluding hydrogens is 803 g/mol. The summed E-state index contributed by atoms with van der Waals surface area (Å²) in [6.07, 6.45) is 0. The van der Waals surface area contributed by atoms with Crippen molar-refractivity contribution in [1.82, 2.24) is 0 Å². The summed E-state index contributed by atoms with van der Waals surface area (Å²) in [5.41, 5.74) is 22.0. The minimum absolute atomic E-state index is 0.507. The summed E-state index contributed by atoms with van der Waals surface area (Å²) in [6.45, 7) is 2.39. The van der Waals surface area contributed by atoms with E-state index in [0.29, 0.717) is 0 Å². The lowest BCUT2D eigenvalue weighted by molar-refractivity contribution is 0.638. The van der Waals surface area contributed by atoms with E-state index in [1.54, 1.807) is 0 Å². The van der Waals surface area contributed by atoms with Crippen LogP contribution in [0.4, 0.5) is 17.1 Å². The van der Waals surface area contributed by atoms with Crippen LogP contribution >= 0.6 is 0 Å². The van der Waals surface area contributed by atoms with Gasteiger partial charge in [-0.15, -0.1) is 0 Å². The zero-order valence-corrected chi connectivity index (χ0v) is 36.0. The minimum Gasteiger partial charge on any atom is -0.456 e. The van der Waals surface area contributed by atoms with E-state index in [4.69, 9.17) is 8.83 Å². The van der Waals surface area contributed by atoms with Gasteiger partial charge in [-0.3, -0.25) is 0 Å². The van der Waals surface area contributed by atoms with Crippen molar-refractivity contribution in [3.8, 4) is 33.4 Å². The second kappa shape index (κ2) is 12.9. The molecule has 12 aromatic rings. The third-order valence-corrected chi connectivity index (χ3v) is 15.3. The topological polar surface area (TPSA) is 29.5 Å². The summed E-state index contributed by atoms with van der Waals surface area (Å²) in [5.74, 6) is 0. The van der Waals surface area contributed by atoms with Gasteiger partial charge in [0.15, 0.2) is 5.58 Å². The first-order valence-electron chi connectivity index (χ1n) is 22.9. The fourth-order valence-electron chi connectivity index (χ4n) is 12.6. The molecule has 3 aliphatic carbocycles. The Balaban J connectivity index is 1.07. The van der Waals surface area contributed by atoms with Crippen molar-refractivity contribution in [1.29, 1.82) is 0 Å². The summed E-state index contributed by atoms with van der Waals surface area (Å²) < 4.78 is 14.0. The van der Waals surface area contributed by atoms with Crippen LogP contribution in [0, 0.1) is 0 Å². The largest absolute Gasteiger partial charge is 0.456 e. The maximum Gasteiger partial charge on any atom is 0.159 e. The van der Waals surface area contributed by atoms with Gasteiger partial charge < -0.3 is 13.7 Å². The molecule has 15 rings (SSSR count). The summed E-state index contributed by atoms with van der Waals surface area (Å²) in [5, 5.41) is 4.34. The number of nitrogens with zero attached hydrogens (tertiary/aromatic N) is 1. The van der Waals surface area contributed by atoms with Gasteiger partial charge in [0.05, 0.1) is 11.1 Å². The van der Waals surface area contributed by atoms with Crippen LogP contribution in [-0.4, -0.2) is 0 Å². The molecule has 0 aliphatic heterocycles. The molecule has 3 aliphatic rings. The Labute approximate surface area is 381 Å². The van der Waals surface area contributed by atoms with Crippen molar-refractivity contribution in [2.45, 2.75) is 17.8 Å². The van der Waals surface area contributed by atoms with Crippen LogP contribution in [0.25, 0.3) is 77.3 Å². The molecule has 0 saturated heterocycles. The molecule has 10 aromatic carbocycles. The lowest BCUT2D eigenvalue weighted by Gasteiger charge is -2.33. The third kappa shape index (κ3) is 4.42. The van der Waals surface area contributed by atoms with Crippen LogP contribution in [0.2, 0.25) is 0 Å². The maximum atomic E-state index is 7.04. The maximum absolute atomic E-state index is 7.04. The van der Waals surface area contributed by atoms with E-state index in [-0.39, 0.29) is 0 Å². The fraction of sp³-hybridized carbons (Fsp3) is 0.0476. The van der Waals surface area contributed by atoms with E-state index in [2.05, 4.69) is 230 Å². The summed E-state index contributed by atoms with van der Waals surface area (Å²) >= 11 is 0. The molecule has 0 fully saturated rings. The van der Waals surface area contributed by atoms with E-state index in [1.807, 2.05) is 0 Å². The number of fused-ring (bicyclic) bond motifs is 19. The van der Waals surface area contributed by atoms with Gasteiger partial charge in [0.2, 0.25) is 0 Å². The first-order chi connectivity index (χ1) is 32.6. The van der Waals surface area contributed by atoms with Crippen LogP contribution in [-0.2, 0) is 10.8 Å². The first-order valence-corrected chi connectivity index (χ1v) is 22.9. The summed E-state index contributed by atoms with van der Waals surface area (Å²) in [6, 6.07) is 80.3. The van der Waals surface area contributed by atoms with Gasteiger partial charge in [-0.05, 0) is 116 Å². The van der Waals surface area contributed by atoms with Crippen molar-refractivity contribution in [2.24, 2.45) is 0 Å². The van der Waals surface area contributed by atoms with E-state index in [0.717, 1.165) is 66.5 Å². The molecule has 1 spiro atoms. The Morgan fingerprint density at radius 3 is 1.35 bits per heavy atom. The van der Waals surface area contributed by atoms with Crippen molar-refractivity contribution >= 4 is 60.9 Å². The number of furan rings is 2. The lowest BCUT2D eigenvalue weighted by atomic mass is 9.70. The number of benzene rings is 10. The summed E-state index contributed by atoms with van der Waals surface area (Å²) in [4.78, 5) is 2.45. The average Bonchev–Trinajstić information content (AvgIpc) is 4.16. The van der Waals surface area contributed by atoms with E-state index < -0.39 is 10.8 Å². The number of hydrogen-bond acceptors (Lipinski definition) is 3. The zero-order valence-electron chi connectivity index (χ0n) is 36.0. The van der Waals surface area contributed by atoms with Crippen molar-refractivity contribution in [3.05, 3.63) is 257 Å². The van der Waals surface area contributed by atoms with Gasteiger partial charge in [-0.25, -0.2) is 0 Å². The third-order valence-electron chi connectivity index (χ3n) is 15.3. The van der Waals surface area contributed by atoms with Gasteiger partial charge in [0.25, 0.3) is 0 Å². The normalized spacial score (nSPS) is 14.4. The highest BCUT2D eigenvalue weighted by Gasteiger charge is 2.52. The quantitative estimate of drug-likeness (QED) is 0.177. The smallest absolute Gasteiger partial charge is 0.159 e. The van der Waals surface area contributed by atoms with E-state index in [9.17, 15) is 0 Å². The Bertz CT molecular complexity index is 3940. The molecule has 3 heteroatoms. The van der Waals surface area contributed by atoms with Gasteiger partial charge in [-0.1, -0.05) is 176 Å². The Kier molecular flexibility index (Phi) is 7.02. The van der Waals surface area contributed by atoms with Crippen LogP contribution in [0.15, 0.2) is 227 Å². The molecule has 0 amide bonds. The van der Waals surface area contributed by atoms with Gasteiger partial charge in [-0.2, -0.15) is 0 Å². The standard InChI is InChI=1S/C63H39NO2/c1-62(50-25-9-2-17-40(50)41-18-3-10-26-51(41)62)56-37-39(35-49-47-23-8-15-32-59(47)65-60(49)56)64(57-30-16-24-48-46-22-7-14-31-58(46)66-61(48)57)38-33-34-45-44-21-6-13-29-54(44)63(55(45)36-38)52-27-11-4-19-42(52)43-20-5-12-28-53(43)63/h2-37H,1H3. The number of anilines is 3. The average molecular weight is 842 g/mol. The molecule has 0 N–H and O–H groups in total. The molecule has 0 radical (unpaired) electrons. The molecule has 308 valence electrons. The minimum atomic E-state index is -0.534. The Morgan fingerprint density at radius 1 is 0.318 bits per heavy atom. The molecule has 2 heterocycles. The number of para-hydroxylation sites is 3. The highest BCUT2D eigenvalue weighted by Crippen LogP contribution is 2.64. The monoisotopic (exact) mass is 841 g/mol.